The van der Waals surface area contributed by atoms with E-state index in [4.69, 9.17) is 4.74 Å². The quantitative estimate of drug-likeness (QED) is 0.586. The molecule has 1 aliphatic heterocycles. The van der Waals surface area contributed by atoms with E-state index < -0.39 is 0 Å². The normalized spacial score (nSPS) is 13.5. The van der Waals surface area contributed by atoms with Crippen LogP contribution in [0.25, 0.3) is 10.8 Å². The fourth-order valence-corrected chi connectivity index (χ4v) is 4.12. The Balaban J connectivity index is 1.36. The van der Waals surface area contributed by atoms with Gasteiger partial charge in [-0.15, -0.1) is 0 Å². The highest BCUT2D eigenvalue weighted by Gasteiger charge is 2.29. The maximum atomic E-state index is 12.8. The maximum Gasteiger partial charge on any atom is 0.258 e. The summed E-state index contributed by atoms with van der Waals surface area (Å²) in [6.45, 7) is 2.58. The van der Waals surface area contributed by atoms with Crippen molar-refractivity contribution in [1.82, 2.24) is 5.32 Å². The molecule has 0 aromatic heterocycles. The molecule has 4 rings (SSSR count). The van der Waals surface area contributed by atoms with Crippen LogP contribution >= 0.6 is 0 Å². The molecular formula is C25H26N2O3. The van der Waals surface area contributed by atoms with Gasteiger partial charge >= 0.3 is 0 Å². The molecule has 3 aromatic carbocycles. The molecule has 0 fully saturated rings. The van der Waals surface area contributed by atoms with Gasteiger partial charge in [0.25, 0.3) is 5.91 Å². The van der Waals surface area contributed by atoms with Crippen LogP contribution in [0.3, 0.4) is 0 Å². The van der Waals surface area contributed by atoms with Crippen molar-refractivity contribution in [2.24, 2.45) is 0 Å². The molecule has 5 nitrogen and oxygen atoms in total. The van der Waals surface area contributed by atoms with Crippen LogP contribution in [-0.2, 0) is 4.79 Å². The van der Waals surface area contributed by atoms with Gasteiger partial charge in [-0.3, -0.25) is 9.59 Å². The molecule has 1 unspecified atom stereocenters. The second-order valence-electron chi connectivity index (χ2n) is 7.54. The smallest absolute Gasteiger partial charge is 0.258 e. The summed E-state index contributed by atoms with van der Waals surface area (Å²) in [4.78, 5) is 27.2. The van der Waals surface area contributed by atoms with Crippen LogP contribution in [0.2, 0.25) is 0 Å². The summed E-state index contributed by atoms with van der Waals surface area (Å²) in [6.07, 6.45) is 1.80. The van der Waals surface area contributed by atoms with Crippen molar-refractivity contribution in [1.29, 1.82) is 0 Å². The molecule has 1 heterocycles. The highest BCUT2D eigenvalue weighted by atomic mass is 16.5. The summed E-state index contributed by atoms with van der Waals surface area (Å²) >= 11 is 0. The summed E-state index contributed by atoms with van der Waals surface area (Å²) in [5.74, 6) is 0.818. The molecule has 5 heteroatoms. The fraction of sp³-hybridized carbons (Fsp3) is 0.280. The standard InChI is InChI=1S/C25H26N2O3/c1-3-21(17-12-14-19(30-2)15-13-17)26-23(28)11-6-16-27-22-10-5-8-18-7-4-9-20(24(18)22)25(27)29/h4-5,7-10,12-15,21H,3,6,11,16H2,1-2H3,(H,26,28). The lowest BCUT2D eigenvalue weighted by atomic mass is 10.0. The second-order valence-corrected chi connectivity index (χ2v) is 7.54. The molecule has 1 atom stereocenters. The number of carbonyl (C=O) groups excluding carboxylic acids is 2. The zero-order chi connectivity index (χ0) is 21.1. The molecule has 0 aliphatic carbocycles. The third-order valence-electron chi connectivity index (χ3n) is 5.70. The van der Waals surface area contributed by atoms with Gasteiger partial charge in [0.2, 0.25) is 5.91 Å². The molecular weight excluding hydrogens is 376 g/mol. The van der Waals surface area contributed by atoms with E-state index in [1.54, 1.807) is 12.0 Å². The number of carbonyl (C=O) groups is 2. The summed E-state index contributed by atoms with van der Waals surface area (Å²) in [5.41, 5.74) is 2.75. The summed E-state index contributed by atoms with van der Waals surface area (Å²) in [6, 6.07) is 19.5. The number of hydrogen-bond acceptors (Lipinski definition) is 3. The molecule has 154 valence electrons. The third-order valence-corrected chi connectivity index (χ3v) is 5.70. The average Bonchev–Trinajstić information content (AvgIpc) is 3.06. The average molecular weight is 402 g/mol. The Labute approximate surface area is 176 Å². The van der Waals surface area contributed by atoms with Crippen molar-refractivity contribution in [3.8, 4) is 5.75 Å². The van der Waals surface area contributed by atoms with Crippen LogP contribution in [-0.4, -0.2) is 25.5 Å². The minimum Gasteiger partial charge on any atom is -0.497 e. The molecule has 0 bridgehead atoms. The topological polar surface area (TPSA) is 58.6 Å². The van der Waals surface area contributed by atoms with Crippen molar-refractivity contribution in [2.75, 3.05) is 18.6 Å². The van der Waals surface area contributed by atoms with Crippen molar-refractivity contribution < 1.29 is 14.3 Å². The molecule has 0 saturated heterocycles. The van der Waals surface area contributed by atoms with Gasteiger partial charge < -0.3 is 15.0 Å². The number of benzene rings is 3. The largest absolute Gasteiger partial charge is 0.497 e. The highest BCUT2D eigenvalue weighted by Crippen LogP contribution is 2.37. The minimum atomic E-state index is -0.0326. The maximum absolute atomic E-state index is 12.8. The van der Waals surface area contributed by atoms with E-state index in [1.807, 2.05) is 60.7 Å². The molecule has 30 heavy (non-hydrogen) atoms. The molecule has 2 amide bonds. The lowest BCUT2D eigenvalue weighted by Crippen LogP contribution is -2.31. The highest BCUT2D eigenvalue weighted by molar-refractivity contribution is 6.25. The van der Waals surface area contributed by atoms with E-state index in [0.717, 1.165) is 39.8 Å². The van der Waals surface area contributed by atoms with E-state index in [1.165, 1.54) is 0 Å². The zero-order valence-electron chi connectivity index (χ0n) is 17.4. The summed E-state index contributed by atoms with van der Waals surface area (Å²) in [5, 5.41) is 5.20. The molecule has 0 saturated carbocycles. The Bertz CT molecular complexity index is 1070. The number of methoxy groups -OCH3 is 1. The van der Waals surface area contributed by atoms with Crippen LogP contribution in [0.15, 0.2) is 60.7 Å². The van der Waals surface area contributed by atoms with Gasteiger partial charge in [0.1, 0.15) is 5.75 Å². The van der Waals surface area contributed by atoms with E-state index in [0.29, 0.717) is 19.4 Å². The first-order chi connectivity index (χ1) is 14.6. The molecule has 0 radical (unpaired) electrons. The number of nitrogens with zero attached hydrogens (tertiary/aromatic N) is 1. The van der Waals surface area contributed by atoms with Gasteiger partial charge in [0.05, 0.1) is 18.8 Å². The Kier molecular flexibility index (Phi) is 5.70. The first kappa shape index (κ1) is 20.0. The molecule has 3 aromatic rings. The number of nitrogens with one attached hydrogen (secondary N) is 1. The van der Waals surface area contributed by atoms with E-state index >= 15 is 0 Å². The number of anilines is 1. The Morgan fingerprint density at radius 1 is 1.07 bits per heavy atom. The van der Waals surface area contributed by atoms with E-state index in [9.17, 15) is 9.59 Å². The number of amides is 2. The third kappa shape index (κ3) is 3.75. The monoisotopic (exact) mass is 402 g/mol. The van der Waals surface area contributed by atoms with Crippen LogP contribution in [0.1, 0.15) is 48.1 Å². The minimum absolute atomic E-state index is 0.0000340. The number of hydrogen-bond donors (Lipinski definition) is 1. The predicted octanol–water partition coefficient (Wildman–Crippen LogP) is 4.86. The summed E-state index contributed by atoms with van der Waals surface area (Å²) in [7, 11) is 1.64. The van der Waals surface area contributed by atoms with Gasteiger partial charge in [-0.2, -0.15) is 0 Å². The van der Waals surface area contributed by atoms with Crippen LogP contribution < -0.4 is 15.0 Å². The molecule has 1 aliphatic rings. The van der Waals surface area contributed by atoms with Gasteiger partial charge in [0, 0.05) is 23.9 Å². The molecule has 1 N–H and O–H groups in total. The van der Waals surface area contributed by atoms with E-state index in [2.05, 4.69) is 12.2 Å². The Hall–Kier alpha value is -3.34. The lowest BCUT2D eigenvalue weighted by molar-refractivity contribution is -0.121. The van der Waals surface area contributed by atoms with Crippen LogP contribution in [0.5, 0.6) is 5.75 Å². The van der Waals surface area contributed by atoms with Gasteiger partial charge in [-0.1, -0.05) is 43.3 Å². The van der Waals surface area contributed by atoms with Crippen molar-refractivity contribution in [2.45, 2.75) is 32.2 Å². The van der Waals surface area contributed by atoms with Crippen LogP contribution in [0, 0.1) is 0 Å². The first-order valence-corrected chi connectivity index (χ1v) is 10.4. The number of rotatable bonds is 8. The second kappa shape index (κ2) is 8.57. The predicted molar refractivity (Wildman–Crippen MR) is 119 cm³/mol. The van der Waals surface area contributed by atoms with Crippen molar-refractivity contribution >= 4 is 28.3 Å². The van der Waals surface area contributed by atoms with Crippen molar-refractivity contribution in [3.05, 3.63) is 71.8 Å². The lowest BCUT2D eigenvalue weighted by Gasteiger charge is -2.20. The Morgan fingerprint density at radius 2 is 1.80 bits per heavy atom. The van der Waals surface area contributed by atoms with E-state index in [-0.39, 0.29) is 17.9 Å². The molecule has 0 spiro atoms. The fourth-order valence-electron chi connectivity index (χ4n) is 4.12. The van der Waals surface area contributed by atoms with Crippen molar-refractivity contribution in [3.63, 3.8) is 0 Å². The van der Waals surface area contributed by atoms with Gasteiger partial charge in [-0.25, -0.2) is 0 Å². The summed E-state index contributed by atoms with van der Waals surface area (Å²) < 4.78 is 5.20. The SMILES string of the molecule is CCC(NC(=O)CCCN1C(=O)c2cccc3cccc1c23)c1ccc(OC)cc1. The number of ether oxygens (including phenoxy) is 1. The zero-order valence-corrected chi connectivity index (χ0v) is 17.4. The first-order valence-electron chi connectivity index (χ1n) is 10.4. The van der Waals surface area contributed by atoms with Gasteiger partial charge in [-0.05, 0) is 48.1 Å². The van der Waals surface area contributed by atoms with Gasteiger partial charge in [0.15, 0.2) is 0 Å². The van der Waals surface area contributed by atoms with Crippen LogP contribution in [0.4, 0.5) is 5.69 Å². The Morgan fingerprint density at radius 3 is 2.50 bits per heavy atom.